The summed E-state index contributed by atoms with van der Waals surface area (Å²) in [6.45, 7) is 1.41. The fourth-order valence-corrected chi connectivity index (χ4v) is 3.72. The molecule has 1 fully saturated rings. The Bertz CT molecular complexity index is 461. The zero-order chi connectivity index (χ0) is 11.9. The Hall–Kier alpha value is -0.670. The van der Waals surface area contributed by atoms with Crippen LogP contribution in [0.1, 0.15) is 30.4 Å². The summed E-state index contributed by atoms with van der Waals surface area (Å²) in [5.74, 6) is 0.409. The van der Waals surface area contributed by atoms with Gasteiger partial charge in [-0.05, 0) is 36.5 Å². The van der Waals surface area contributed by atoms with Crippen molar-refractivity contribution in [3.8, 4) is 0 Å². The molecule has 0 atom stereocenters. The molecule has 1 aliphatic heterocycles. The summed E-state index contributed by atoms with van der Waals surface area (Å²) in [5.41, 5.74) is 2.32. The molecule has 90 valence electrons. The normalized spacial score (nSPS) is 22.5. The number of ether oxygens (including phenoxy) is 1. The van der Waals surface area contributed by atoms with E-state index in [1.807, 2.05) is 6.07 Å². The van der Waals surface area contributed by atoms with E-state index in [0.29, 0.717) is 25.4 Å². The molecule has 0 radical (unpaired) electrons. The molecule has 3 rings (SSSR count). The monoisotopic (exact) mass is 294 g/mol. The van der Waals surface area contributed by atoms with E-state index in [9.17, 15) is 4.79 Å². The van der Waals surface area contributed by atoms with Crippen LogP contribution in [0.4, 0.5) is 0 Å². The highest BCUT2D eigenvalue weighted by Crippen LogP contribution is 2.43. The number of Topliss-reactive ketones (excluding diaryl/α,β-unsaturated/α-hetero) is 1. The highest BCUT2D eigenvalue weighted by Gasteiger charge is 2.44. The summed E-state index contributed by atoms with van der Waals surface area (Å²) >= 11 is 3.61. The number of rotatable bonds is 0. The van der Waals surface area contributed by atoms with Gasteiger partial charge in [-0.25, -0.2) is 0 Å². The molecule has 2 aliphatic rings. The third kappa shape index (κ3) is 1.67. The highest BCUT2D eigenvalue weighted by molar-refractivity contribution is 9.10. The van der Waals surface area contributed by atoms with Gasteiger partial charge in [-0.15, -0.1) is 0 Å². The van der Waals surface area contributed by atoms with Crippen LogP contribution in [-0.4, -0.2) is 19.0 Å². The molecule has 0 aromatic heterocycles. The number of benzene rings is 1. The topological polar surface area (TPSA) is 26.3 Å². The molecule has 0 unspecified atom stereocenters. The van der Waals surface area contributed by atoms with Gasteiger partial charge in [0.1, 0.15) is 5.78 Å². The summed E-state index contributed by atoms with van der Waals surface area (Å²) in [6.07, 6.45) is 3.23. The first-order valence-electron chi connectivity index (χ1n) is 6.13. The first-order chi connectivity index (χ1) is 8.24. The number of halogens is 1. The van der Waals surface area contributed by atoms with Crippen LogP contribution in [-0.2, 0) is 21.4 Å². The Balaban J connectivity index is 2.16. The Morgan fingerprint density at radius 2 is 1.94 bits per heavy atom. The van der Waals surface area contributed by atoms with Crippen LogP contribution in [0.5, 0.6) is 0 Å². The van der Waals surface area contributed by atoms with Gasteiger partial charge in [-0.1, -0.05) is 28.1 Å². The summed E-state index contributed by atoms with van der Waals surface area (Å²) in [5, 5.41) is 0. The predicted molar refractivity (Wildman–Crippen MR) is 69.2 cm³/mol. The van der Waals surface area contributed by atoms with Crippen molar-refractivity contribution < 1.29 is 9.53 Å². The lowest BCUT2D eigenvalue weighted by atomic mass is 9.65. The first-order valence-corrected chi connectivity index (χ1v) is 6.92. The van der Waals surface area contributed by atoms with Gasteiger partial charge < -0.3 is 4.74 Å². The molecule has 0 saturated carbocycles. The van der Waals surface area contributed by atoms with Gasteiger partial charge in [-0.3, -0.25) is 4.79 Å². The van der Waals surface area contributed by atoms with Gasteiger partial charge in [0.15, 0.2) is 0 Å². The van der Waals surface area contributed by atoms with Gasteiger partial charge in [0, 0.05) is 24.1 Å². The van der Waals surface area contributed by atoms with Crippen molar-refractivity contribution in [2.24, 2.45) is 0 Å². The van der Waals surface area contributed by atoms with Gasteiger partial charge in [0.05, 0.1) is 5.41 Å². The number of hydrogen-bond donors (Lipinski definition) is 0. The summed E-state index contributed by atoms with van der Waals surface area (Å²) in [6, 6.07) is 6.24. The highest BCUT2D eigenvalue weighted by atomic mass is 79.9. The van der Waals surface area contributed by atoms with E-state index in [4.69, 9.17) is 4.74 Å². The molecule has 1 aromatic carbocycles. The Morgan fingerprint density at radius 3 is 2.71 bits per heavy atom. The third-order valence-corrected chi connectivity index (χ3v) is 4.86. The van der Waals surface area contributed by atoms with Gasteiger partial charge in [0.25, 0.3) is 0 Å². The molecule has 1 aliphatic carbocycles. The van der Waals surface area contributed by atoms with Crippen LogP contribution >= 0.6 is 15.9 Å². The molecule has 0 bridgehead atoms. The van der Waals surface area contributed by atoms with E-state index in [0.717, 1.165) is 23.7 Å². The number of fused-ring (bicyclic) bond motifs is 2. The van der Waals surface area contributed by atoms with Crippen molar-refractivity contribution in [1.82, 2.24) is 0 Å². The van der Waals surface area contributed by atoms with Crippen LogP contribution < -0.4 is 0 Å². The van der Waals surface area contributed by atoms with E-state index in [1.165, 1.54) is 11.1 Å². The average molecular weight is 295 g/mol. The van der Waals surface area contributed by atoms with Gasteiger partial charge in [0.2, 0.25) is 0 Å². The zero-order valence-electron chi connectivity index (χ0n) is 9.67. The number of carbonyl (C=O) groups is 1. The lowest BCUT2D eigenvalue weighted by Crippen LogP contribution is -2.44. The lowest BCUT2D eigenvalue weighted by Gasteiger charge is -2.40. The fourth-order valence-electron chi connectivity index (χ4n) is 3.16. The molecule has 1 saturated heterocycles. The molecule has 3 heteroatoms. The fraction of sp³-hybridized carbons (Fsp3) is 0.500. The number of ketones is 1. The molecule has 1 spiro atoms. The quantitative estimate of drug-likeness (QED) is 0.735. The zero-order valence-corrected chi connectivity index (χ0v) is 11.3. The van der Waals surface area contributed by atoms with Crippen molar-refractivity contribution in [1.29, 1.82) is 0 Å². The van der Waals surface area contributed by atoms with E-state index >= 15 is 0 Å². The summed E-state index contributed by atoms with van der Waals surface area (Å²) in [4.78, 5) is 12.4. The molecular formula is C14H15BrO2. The number of hydrogen-bond acceptors (Lipinski definition) is 2. The average Bonchev–Trinajstić information content (AvgIpc) is 2.36. The number of carbonyl (C=O) groups excluding carboxylic acids is 1. The largest absolute Gasteiger partial charge is 0.381 e. The maximum atomic E-state index is 12.4. The second kappa shape index (κ2) is 4.21. The first kappa shape index (κ1) is 11.4. The van der Waals surface area contributed by atoms with E-state index in [1.54, 1.807) is 0 Å². The van der Waals surface area contributed by atoms with Crippen LogP contribution in [0.15, 0.2) is 22.7 Å². The van der Waals surface area contributed by atoms with Crippen LogP contribution in [0.25, 0.3) is 0 Å². The minimum absolute atomic E-state index is 0.254. The summed E-state index contributed by atoms with van der Waals surface area (Å²) in [7, 11) is 0. The maximum Gasteiger partial charge on any atom is 0.143 e. The Kier molecular flexibility index (Phi) is 2.83. The molecule has 2 nitrogen and oxygen atoms in total. The van der Waals surface area contributed by atoms with Crippen molar-refractivity contribution in [2.75, 3.05) is 13.2 Å². The molecule has 1 heterocycles. The van der Waals surface area contributed by atoms with Crippen LogP contribution in [0.3, 0.4) is 0 Å². The SMILES string of the molecule is O=C1CCc2c(Br)cccc2C12CCOCC2. The Morgan fingerprint density at radius 1 is 1.18 bits per heavy atom. The molecular weight excluding hydrogens is 280 g/mol. The van der Waals surface area contributed by atoms with E-state index in [-0.39, 0.29) is 5.41 Å². The minimum Gasteiger partial charge on any atom is -0.381 e. The van der Waals surface area contributed by atoms with E-state index in [2.05, 4.69) is 28.1 Å². The summed E-state index contributed by atoms with van der Waals surface area (Å²) < 4.78 is 6.57. The van der Waals surface area contributed by atoms with Crippen molar-refractivity contribution >= 4 is 21.7 Å². The second-order valence-corrected chi connectivity index (χ2v) is 5.74. The van der Waals surface area contributed by atoms with Crippen LogP contribution in [0.2, 0.25) is 0 Å². The lowest BCUT2D eigenvalue weighted by molar-refractivity contribution is -0.129. The standard InChI is InChI=1S/C14H15BrO2/c15-12-3-1-2-11-10(12)4-5-13(16)14(11)6-8-17-9-7-14/h1-3H,4-9H2. The van der Waals surface area contributed by atoms with Crippen molar-refractivity contribution in [3.05, 3.63) is 33.8 Å². The van der Waals surface area contributed by atoms with E-state index < -0.39 is 0 Å². The molecule has 0 amide bonds. The van der Waals surface area contributed by atoms with Crippen molar-refractivity contribution in [2.45, 2.75) is 31.1 Å². The molecule has 1 aromatic rings. The predicted octanol–water partition coefficient (Wildman–Crippen LogP) is 3.01. The van der Waals surface area contributed by atoms with Crippen LogP contribution in [0, 0.1) is 0 Å². The van der Waals surface area contributed by atoms with Crippen molar-refractivity contribution in [3.63, 3.8) is 0 Å². The van der Waals surface area contributed by atoms with Gasteiger partial charge >= 0.3 is 0 Å². The Labute approximate surface area is 109 Å². The third-order valence-electron chi connectivity index (χ3n) is 4.12. The molecule has 0 N–H and O–H groups in total. The smallest absolute Gasteiger partial charge is 0.143 e. The minimum atomic E-state index is -0.254. The van der Waals surface area contributed by atoms with Gasteiger partial charge in [-0.2, -0.15) is 0 Å². The molecule has 17 heavy (non-hydrogen) atoms. The maximum absolute atomic E-state index is 12.4. The second-order valence-electron chi connectivity index (χ2n) is 4.88.